The molecule has 0 aromatic carbocycles. The Kier molecular flexibility index (Phi) is 5.28. The van der Waals surface area contributed by atoms with Crippen molar-refractivity contribution in [1.82, 2.24) is 4.98 Å². The molecule has 0 amide bonds. The zero-order valence-corrected chi connectivity index (χ0v) is 12.1. The van der Waals surface area contributed by atoms with Gasteiger partial charge in [-0.1, -0.05) is 6.92 Å². The minimum absolute atomic E-state index is 0.113. The lowest BCUT2D eigenvalue weighted by Crippen LogP contribution is -2.14. The Morgan fingerprint density at radius 2 is 1.83 bits per heavy atom. The van der Waals surface area contributed by atoms with E-state index in [1.165, 1.54) is 0 Å². The summed E-state index contributed by atoms with van der Waals surface area (Å²) in [5.41, 5.74) is 9.01. The van der Waals surface area contributed by atoms with Crippen LogP contribution in [0.3, 0.4) is 0 Å². The highest BCUT2D eigenvalue weighted by Crippen LogP contribution is 2.17. The van der Waals surface area contributed by atoms with Crippen molar-refractivity contribution >= 4 is 9.84 Å². The van der Waals surface area contributed by atoms with E-state index >= 15 is 0 Å². The molecule has 0 radical (unpaired) electrons. The second-order valence-corrected chi connectivity index (χ2v) is 7.14. The molecule has 102 valence electrons. The summed E-state index contributed by atoms with van der Waals surface area (Å²) < 4.78 is 22.7. The zero-order valence-electron chi connectivity index (χ0n) is 11.3. The van der Waals surface area contributed by atoms with Gasteiger partial charge in [-0.05, 0) is 44.4 Å². The molecule has 1 aromatic rings. The topological polar surface area (TPSA) is 73.0 Å². The number of hydrogen-bond acceptors (Lipinski definition) is 4. The number of nitrogens with zero attached hydrogens (tertiary/aromatic N) is 1. The number of aryl methyl sites for hydroxylation is 2. The van der Waals surface area contributed by atoms with Crippen LogP contribution in [0.4, 0.5) is 0 Å². The first-order chi connectivity index (χ1) is 8.34. The molecule has 1 aromatic heterocycles. The van der Waals surface area contributed by atoms with Gasteiger partial charge in [-0.2, -0.15) is 0 Å². The quantitative estimate of drug-likeness (QED) is 0.857. The first-order valence-electron chi connectivity index (χ1n) is 6.25. The summed E-state index contributed by atoms with van der Waals surface area (Å²) >= 11 is 0. The predicted octanol–water partition coefficient (Wildman–Crippen LogP) is 1.91. The van der Waals surface area contributed by atoms with E-state index in [9.17, 15) is 8.42 Å². The number of rotatable bonds is 6. The van der Waals surface area contributed by atoms with Gasteiger partial charge in [-0.15, -0.1) is 0 Å². The molecule has 0 saturated heterocycles. The fraction of sp³-hybridized carbons (Fsp3) is 0.615. The average molecular weight is 270 g/mol. The van der Waals surface area contributed by atoms with Crippen LogP contribution in [0.2, 0.25) is 0 Å². The van der Waals surface area contributed by atoms with Gasteiger partial charge in [-0.25, -0.2) is 8.42 Å². The van der Waals surface area contributed by atoms with Gasteiger partial charge < -0.3 is 5.73 Å². The third kappa shape index (κ3) is 4.74. The van der Waals surface area contributed by atoms with Crippen LogP contribution in [0.5, 0.6) is 0 Å². The van der Waals surface area contributed by atoms with Crippen molar-refractivity contribution in [3.63, 3.8) is 0 Å². The maximum Gasteiger partial charge on any atom is 0.150 e. The zero-order chi connectivity index (χ0) is 13.8. The Labute approximate surface area is 110 Å². The second-order valence-electron chi connectivity index (χ2n) is 4.67. The summed E-state index contributed by atoms with van der Waals surface area (Å²) in [6.07, 6.45) is 1.29. The van der Waals surface area contributed by atoms with Gasteiger partial charge in [0.25, 0.3) is 0 Å². The summed E-state index contributed by atoms with van der Waals surface area (Å²) in [4.78, 5) is 4.30. The maximum atomic E-state index is 11.4. The van der Waals surface area contributed by atoms with Gasteiger partial charge in [-0.3, -0.25) is 4.98 Å². The number of hydrogen-bond donors (Lipinski definition) is 1. The molecule has 0 aliphatic heterocycles. The van der Waals surface area contributed by atoms with Crippen molar-refractivity contribution in [2.24, 2.45) is 5.73 Å². The third-order valence-corrected chi connectivity index (χ3v) is 4.73. The van der Waals surface area contributed by atoms with Crippen molar-refractivity contribution in [2.45, 2.75) is 39.7 Å². The Morgan fingerprint density at radius 3 is 2.33 bits per heavy atom. The molecular weight excluding hydrogens is 248 g/mol. The first kappa shape index (κ1) is 15.1. The molecule has 18 heavy (non-hydrogen) atoms. The molecule has 0 spiro atoms. The van der Waals surface area contributed by atoms with Gasteiger partial charge in [0.15, 0.2) is 0 Å². The lowest BCUT2D eigenvalue weighted by Gasteiger charge is -2.13. The lowest BCUT2D eigenvalue weighted by atomic mass is 10.0. The molecular formula is C13H22N2O2S. The van der Waals surface area contributed by atoms with Crippen LogP contribution < -0.4 is 5.73 Å². The number of pyridine rings is 1. The summed E-state index contributed by atoms with van der Waals surface area (Å²) in [5, 5.41) is 0. The SMILES string of the molecule is CCS(=O)(=O)CCCC(N)c1cc(C)nc(C)c1. The first-order valence-corrected chi connectivity index (χ1v) is 8.07. The molecule has 1 atom stereocenters. The Hall–Kier alpha value is -0.940. The fourth-order valence-electron chi connectivity index (χ4n) is 1.92. The van der Waals surface area contributed by atoms with Crippen molar-refractivity contribution in [1.29, 1.82) is 0 Å². The normalized spacial score (nSPS) is 13.6. The summed E-state index contributed by atoms with van der Waals surface area (Å²) in [5.74, 6) is 0.427. The number of nitrogens with two attached hydrogens (primary N) is 1. The van der Waals surface area contributed by atoms with Crippen LogP contribution in [0, 0.1) is 13.8 Å². The summed E-state index contributed by atoms with van der Waals surface area (Å²) in [6.45, 7) is 5.54. The smallest absolute Gasteiger partial charge is 0.150 e. The van der Waals surface area contributed by atoms with Gasteiger partial charge in [0, 0.05) is 23.2 Å². The molecule has 1 unspecified atom stereocenters. The lowest BCUT2D eigenvalue weighted by molar-refractivity contribution is 0.583. The third-order valence-electron chi connectivity index (χ3n) is 2.94. The minimum Gasteiger partial charge on any atom is -0.324 e. The van der Waals surface area contributed by atoms with E-state index in [1.54, 1.807) is 6.92 Å². The highest BCUT2D eigenvalue weighted by atomic mass is 32.2. The molecule has 4 nitrogen and oxygen atoms in total. The Bertz CT molecular complexity index is 477. The molecule has 2 N–H and O–H groups in total. The van der Waals surface area contributed by atoms with E-state index in [4.69, 9.17) is 5.73 Å². The second kappa shape index (κ2) is 6.29. The van der Waals surface area contributed by atoms with Gasteiger partial charge in [0.1, 0.15) is 9.84 Å². The molecule has 0 fully saturated rings. The number of aromatic nitrogens is 1. The average Bonchev–Trinajstić information content (AvgIpc) is 2.27. The van der Waals surface area contributed by atoms with Gasteiger partial charge in [0.2, 0.25) is 0 Å². The Morgan fingerprint density at radius 1 is 1.28 bits per heavy atom. The van der Waals surface area contributed by atoms with E-state index < -0.39 is 9.84 Å². The van der Waals surface area contributed by atoms with Crippen LogP contribution >= 0.6 is 0 Å². The molecule has 5 heteroatoms. The van der Waals surface area contributed by atoms with Crippen LogP contribution in [-0.2, 0) is 9.84 Å². The molecule has 0 saturated carbocycles. The van der Waals surface area contributed by atoms with Crippen LogP contribution in [0.15, 0.2) is 12.1 Å². The van der Waals surface area contributed by atoms with Crippen LogP contribution in [-0.4, -0.2) is 24.9 Å². The highest BCUT2D eigenvalue weighted by Gasteiger charge is 2.11. The highest BCUT2D eigenvalue weighted by molar-refractivity contribution is 7.91. The van der Waals surface area contributed by atoms with E-state index in [-0.39, 0.29) is 17.5 Å². The minimum atomic E-state index is -2.88. The monoisotopic (exact) mass is 270 g/mol. The Balaban J connectivity index is 2.58. The molecule has 1 rings (SSSR count). The summed E-state index contributed by atoms with van der Waals surface area (Å²) in [6, 6.07) is 3.82. The van der Waals surface area contributed by atoms with Gasteiger partial charge in [0.05, 0.1) is 5.75 Å². The van der Waals surface area contributed by atoms with E-state index in [0.29, 0.717) is 12.8 Å². The largest absolute Gasteiger partial charge is 0.324 e. The van der Waals surface area contributed by atoms with E-state index in [2.05, 4.69) is 4.98 Å². The molecule has 1 heterocycles. The molecule has 0 bridgehead atoms. The standard InChI is InChI=1S/C13H22N2O2S/c1-4-18(16,17)7-5-6-13(14)12-8-10(2)15-11(3)9-12/h8-9,13H,4-7,14H2,1-3H3. The number of sulfone groups is 1. The summed E-state index contributed by atoms with van der Waals surface area (Å²) in [7, 11) is -2.88. The maximum absolute atomic E-state index is 11.4. The van der Waals surface area contributed by atoms with Crippen molar-refractivity contribution in [3.8, 4) is 0 Å². The molecule has 0 aliphatic carbocycles. The van der Waals surface area contributed by atoms with Crippen molar-refractivity contribution in [2.75, 3.05) is 11.5 Å². The van der Waals surface area contributed by atoms with Crippen LogP contribution in [0.25, 0.3) is 0 Å². The fourth-order valence-corrected chi connectivity index (χ4v) is 2.81. The van der Waals surface area contributed by atoms with E-state index in [1.807, 2.05) is 26.0 Å². The molecule has 0 aliphatic rings. The van der Waals surface area contributed by atoms with Crippen molar-refractivity contribution < 1.29 is 8.42 Å². The van der Waals surface area contributed by atoms with Gasteiger partial charge >= 0.3 is 0 Å². The van der Waals surface area contributed by atoms with Crippen molar-refractivity contribution in [3.05, 3.63) is 29.1 Å². The van der Waals surface area contributed by atoms with E-state index in [0.717, 1.165) is 17.0 Å². The van der Waals surface area contributed by atoms with Crippen LogP contribution in [0.1, 0.15) is 42.8 Å². The predicted molar refractivity (Wildman–Crippen MR) is 74.2 cm³/mol.